The molecular formula is C31H35F2N7O3. The summed E-state index contributed by atoms with van der Waals surface area (Å²) in [6.45, 7) is 10.9. The number of nitrogens with zero attached hydrogens (tertiary/aromatic N) is 6. The van der Waals surface area contributed by atoms with Gasteiger partial charge in [-0.1, -0.05) is 6.58 Å². The summed E-state index contributed by atoms with van der Waals surface area (Å²) in [7, 11) is 0. The van der Waals surface area contributed by atoms with E-state index in [0.29, 0.717) is 29.7 Å². The van der Waals surface area contributed by atoms with E-state index in [9.17, 15) is 18.8 Å². The number of piperazine rings is 1. The lowest BCUT2D eigenvalue weighted by molar-refractivity contribution is -0.151. The SMILES string of the molecule is C=C(N=C(/N=C\C)Nc1ccc(N2CCN(C3COC3)CC2)cc1)c1ccc(OC2CCN(C=O)CC2(F)F)c(C#N)c1. The van der Waals surface area contributed by atoms with Crippen molar-refractivity contribution in [3.05, 3.63) is 60.2 Å². The van der Waals surface area contributed by atoms with Crippen molar-refractivity contribution < 1.29 is 23.0 Å². The molecule has 1 N–H and O–H groups in total. The molecule has 0 bridgehead atoms. The van der Waals surface area contributed by atoms with Gasteiger partial charge in [0.05, 0.1) is 37.1 Å². The molecular weight excluding hydrogens is 556 g/mol. The van der Waals surface area contributed by atoms with Crippen LogP contribution in [-0.2, 0) is 9.53 Å². The van der Waals surface area contributed by atoms with Gasteiger partial charge in [0, 0.05) is 62.3 Å². The average molecular weight is 592 g/mol. The van der Waals surface area contributed by atoms with E-state index >= 15 is 0 Å². The summed E-state index contributed by atoms with van der Waals surface area (Å²) >= 11 is 0. The van der Waals surface area contributed by atoms with E-state index in [1.807, 2.05) is 18.2 Å². The fourth-order valence-electron chi connectivity index (χ4n) is 5.30. The maximum Gasteiger partial charge on any atom is 0.301 e. The van der Waals surface area contributed by atoms with E-state index in [1.165, 1.54) is 12.1 Å². The van der Waals surface area contributed by atoms with Crippen molar-refractivity contribution in [1.82, 2.24) is 9.80 Å². The third kappa shape index (κ3) is 7.18. The minimum Gasteiger partial charge on any atom is -0.483 e. The van der Waals surface area contributed by atoms with Crippen molar-refractivity contribution in [2.45, 2.75) is 31.4 Å². The topological polar surface area (TPSA) is 106 Å². The van der Waals surface area contributed by atoms with Crippen molar-refractivity contribution in [2.24, 2.45) is 9.98 Å². The van der Waals surface area contributed by atoms with E-state index < -0.39 is 18.6 Å². The number of nitrogens with one attached hydrogen (secondary N) is 1. The van der Waals surface area contributed by atoms with Gasteiger partial charge in [0.25, 0.3) is 0 Å². The lowest BCUT2D eigenvalue weighted by Crippen LogP contribution is -2.56. The number of likely N-dealkylation sites (tertiary alicyclic amines) is 1. The number of alkyl halides is 2. The molecule has 0 spiro atoms. The Morgan fingerprint density at radius 1 is 1.16 bits per heavy atom. The highest BCUT2D eigenvalue weighted by molar-refractivity contribution is 6.00. The Morgan fingerprint density at radius 3 is 2.51 bits per heavy atom. The second-order valence-electron chi connectivity index (χ2n) is 10.7. The fraction of sp³-hybridized carbons (Fsp3) is 0.419. The predicted molar refractivity (Wildman–Crippen MR) is 162 cm³/mol. The molecule has 0 saturated carbocycles. The second kappa shape index (κ2) is 13.3. The number of rotatable bonds is 8. The molecule has 226 valence electrons. The van der Waals surface area contributed by atoms with E-state index in [-0.39, 0.29) is 24.3 Å². The van der Waals surface area contributed by atoms with Crippen LogP contribution in [0.25, 0.3) is 5.70 Å². The Kier molecular flexibility index (Phi) is 9.33. The first-order chi connectivity index (χ1) is 20.8. The second-order valence-corrected chi connectivity index (χ2v) is 10.7. The normalized spacial score (nSPS) is 21.3. The van der Waals surface area contributed by atoms with Crippen LogP contribution in [0.15, 0.2) is 59.0 Å². The lowest BCUT2D eigenvalue weighted by Gasteiger charge is -2.43. The van der Waals surface area contributed by atoms with Crippen LogP contribution in [0.2, 0.25) is 0 Å². The molecule has 0 aromatic heterocycles. The van der Waals surface area contributed by atoms with Gasteiger partial charge in [-0.05, 0) is 49.4 Å². The minimum absolute atomic E-state index is 0.0377. The van der Waals surface area contributed by atoms with Gasteiger partial charge in [-0.2, -0.15) is 5.26 Å². The molecule has 12 heteroatoms. The van der Waals surface area contributed by atoms with Crippen molar-refractivity contribution in [1.29, 1.82) is 5.26 Å². The first-order valence-electron chi connectivity index (χ1n) is 14.3. The molecule has 3 saturated heterocycles. The minimum atomic E-state index is -3.24. The van der Waals surface area contributed by atoms with Gasteiger partial charge in [0.1, 0.15) is 11.8 Å². The molecule has 1 amide bonds. The van der Waals surface area contributed by atoms with Crippen molar-refractivity contribution in [2.75, 3.05) is 62.7 Å². The van der Waals surface area contributed by atoms with Gasteiger partial charge in [-0.25, -0.2) is 18.8 Å². The van der Waals surface area contributed by atoms with E-state index in [2.05, 4.69) is 43.8 Å². The van der Waals surface area contributed by atoms with Gasteiger partial charge in [-0.3, -0.25) is 9.69 Å². The number of hydrogen-bond donors (Lipinski definition) is 1. The van der Waals surface area contributed by atoms with Crippen molar-refractivity contribution >= 4 is 35.7 Å². The highest BCUT2D eigenvalue weighted by Gasteiger charge is 2.46. The molecule has 1 atom stereocenters. The Balaban J connectivity index is 1.23. The predicted octanol–water partition coefficient (Wildman–Crippen LogP) is 3.85. The quantitative estimate of drug-likeness (QED) is 0.282. The zero-order chi connectivity index (χ0) is 30.4. The van der Waals surface area contributed by atoms with Gasteiger partial charge >= 0.3 is 5.92 Å². The molecule has 10 nitrogen and oxygen atoms in total. The summed E-state index contributed by atoms with van der Waals surface area (Å²) in [5.41, 5.74) is 2.87. The van der Waals surface area contributed by atoms with E-state index in [0.717, 1.165) is 55.7 Å². The molecule has 3 fully saturated rings. The Bertz CT molecular complexity index is 1410. The molecule has 3 aliphatic rings. The number of hydrogen-bond acceptors (Lipinski definition) is 7. The number of ether oxygens (including phenoxy) is 2. The zero-order valence-corrected chi connectivity index (χ0v) is 24.1. The fourth-order valence-corrected chi connectivity index (χ4v) is 5.30. The third-order valence-corrected chi connectivity index (χ3v) is 7.85. The van der Waals surface area contributed by atoms with Crippen LogP contribution in [-0.4, -0.2) is 98.9 Å². The molecule has 2 aromatic rings. The lowest BCUT2D eigenvalue weighted by atomic mass is 10.0. The van der Waals surface area contributed by atoms with E-state index in [4.69, 9.17) is 9.47 Å². The number of aliphatic imine (C=N–C) groups is 2. The monoisotopic (exact) mass is 591 g/mol. The standard InChI is InChI=1S/C31H35F2N7O3/c1-3-35-30(37-25-5-7-26(8-6-25)39-12-14-40(15-13-39)27-18-42-19-27)36-22(2)23-4-9-28(24(16-23)17-34)43-29-10-11-38(21-41)20-31(29,32)33/h3-9,16,21,27,29H,2,10-15,18-20H2,1H3,(H,36,37)/b35-3-. The number of anilines is 2. The third-order valence-electron chi connectivity index (χ3n) is 7.85. The highest BCUT2D eigenvalue weighted by Crippen LogP contribution is 2.33. The molecule has 5 rings (SSSR count). The molecule has 1 unspecified atom stereocenters. The molecule has 3 aliphatic heterocycles. The number of amides is 1. The smallest absolute Gasteiger partial charge is 0.301 e. The van der Waals surface area contributed by atoms with Crippen LogP contribution in [0.1, 0.15) is 24.5 Å². The van der Waals surface area contributed by atoms with Crippen LogP contribution in [0.4, 0.5) is 20.2 Å². The summed E-state index contributed by atoms with van der Waals surface area (Å²) in [6.07, 6.45) is 0.513. The van der Waals surface area contributed by atoms with Crippen LogP contribution in [0.3, 0.4) is 0 Å². The van der Waals surface area contributed by atoms with Gasteiger partial charge in [0.15, 0.2) is 6.10 Å². The van der Waals surface area contributed by atoms with Crippen LogP contribution < -0.4 is 15.0 Å². The maximum atomic E-state index is 14.5. The summed E-state index contributed by atoms with van der Waals surface area (Å²) in [5.74, 6) is -2.90. The number of carbonyl (C=O) groups excluding carboxylic acids is 1. The number of guanidine groups is 1. The van der Waals surface area contributed by atoms with Crippen LogP contribution >= 0.6 is 0 Å². The first-order valence-corrected chi connectivity index (χ1v) is 14.3. The molecule has 0 aliphatic carbocycles. The molecule has 0 radical (unpaired) electrons. The average Bonchev–Trinajstić information content (AvgIpc) is 2.98. The number of carbonyl (C=O) groups is 1. The highest BCUT2D eigenvalue weighted by atomic mass is 19.3. The summed E-state index contributed by atoms with van der Waals surface area (Å²) in [6, 6.07) is 15.2. The van der Waals surface area contributed by atoms with Gasteiger partial charge in [0.2, 0.25) is 12.4 Å². The molecule has 3 heterocycles. The van der Waals surface area contributed by atoms with Crippen LogP contribution in [0.5, 0.6) is 5.75 Å². The largest absolute Gasteiger partial charge is 0.483 e. The number of piperidine rings is 1. The van der Waals surface area contributed by atoms with Gasteiger partial charge in [-0.15, -0.1) is 0 Å². The molecule has 2 aromatic carbocycles. The first kappa shape index (κ1) is 30.1. The van der Waals surface area contributed by atoms with Gasteiger partial charge < -0.3 is 24.6 Å². The Morgan fingerprint density at radius 2 is 1.91 bits per heavy atom. The summed E-state index contributed by atoms with van der Waals surface area (Å²) < 4.78 is 40.0. The van der Waals surface area contributed by atoms with E-state index in [1.54, 1.807) is 19.2 Å². The number of halogens is 2. The summed E-state index contributed by atoms with van der Waals surface area (Å²) in [5, 5.41) is 12.9. The number of benzene rings is 2. The van der Waals surface area contributed by atoms with Crippen molar-refractivity contribution in [3.8, 4) is 11.8 Å². The Hall–Kier alpha value is -4.34. The maximum absolute atomic E-state index is 14.5. The van der Waals surface area contributed by atoms with Crippen LogP contribution in [0, 0.1) is 11.3 Å². The Labute approximate surface area is 249 Å². The molecule has 43 heavy (non-hydrogen) atoms. The zero-order valence-electron chi connectivity index (χ0n) is 24.1. The number of nitriles is 1. The van der Waals surface area contributed by atoms with Crippen molar-refractivity contribution in [3.63, 3.8) is 0 Å². The summed E-state index contributed by atoms with van der Waals surface area (Å²) in [4.78, 5) is 25.6.